The van der Waals surface area contributed by atoms with Crippen LogP contribution in [0.4, 0.5) is 0 Å². The van der Waals surface area contributed by atoms with E-state index >= 15 is 0 Å². The van der Waals surface area contributed by atoms with Crippen LogP contribution in [-0.2, 0) is 6.54 Å². The lowest BCUT2D eigenvalue weighted by molar-refractivity contribution is 0.140. The first-order valence-electron chi connectivity index (χ1n) is 9.91. The minimum atomic E-state index is 0.638. The zero-order valence-corrected chi connectivity index (χ0v) is 17.2. The van der Waals surface area contributed by atoms with Crippen molar-refractivity contribution in [1.29, 1.82) is 0 Å². The van der Waals surface area contributed by atoms with E-state index in [4.69, 9.17) is 4.74 Å². The average molecular weight is 361 g/mol. The van der Waals surface area contributed by atoms with Gasteiger partial charge >= 0.3 is 0 Å². The van der Waals surface area contributed by atoms with Gasteiger partial charge in [0.05, 0.1) is 6.61 Å². The number of benzene rings is 1. The van der Waals surface area contributed by atoms with E-state index in [-0.39, 0.29) is 0 Å². The molecule has 1 unspecified atom stereocenters. The lowest BCUT2D eigenvalue weighted by Crippen LogP contribution is -2.46. The molecule has 1 heterocycles. The number of hydrogen-bond acceptors (Lipinski definition) is 3. The lowest BCUT2D eigenvalue weighted by Gasteiger charge is -2.36. The maximum absolute atomic E-state index is 5.51. The van der Waals surface area contributed by atoms with Gasteiger partial charge in [-0.25, -0.2) is 0 Å². The summed E-state index contributed by atoms with van der Waals surface area (Å²) in [5.41, 5.74) is 1.25. The van der Waals surface area contributed by atoms with Crippen LogP contribution in [0, 0.1) is 5.92 Å². The van der Waals surface area contributed by atoms with Crippen LogP contribution in [0.5, 0.6) is 5.75 Å². The Hall–Kier alpha value is -1.75. The van der Waals surface area contributed by atoms with Crippen LogP contribution >= 0.6 is 0 Å². The molecule has 26 heavy (non-hydrogen) atoms. The van der Waals surface area contributed by atoms with Crippen molar-refractivity contribution < 1.29 is 4.74 Å². The molecule has 5 nitrogen and oxygen atoms in total. The Labute approximate surface area is 159 Å². The third-order valence-corrected chi connectivity index (χ3v) is 5.06. The van der Waals surface area contributed by atoms with Gasteiger partial charge in [-0.1, -0.05) is 12.1 Å². The van der Waals surface area contributed by atoms with E-state index < -0.39 is 0 Å². The minimum absolute atomic E-state index is 0.638. The molecule has 0 amide bonds. The van der Waals surface area contributed by atoms with Gasteiger partial charge in [-0.15, -0.1) is 0 Å². The molecule has 2 rings (SSSR count). The second-order valence-corrected chi connectivity index (χ2v) is 7.46. The highest BCUT2D eigenvalue weighted by Gasteiger charge is 2.22. The fourth-order valence-corrected chi connectivity index (χ4v) is 3.56. The van der Waals surface area contributed by atoms with Crippen molar-refractivity contribution in [3.05, 3.63) is 29.8 Å². The van der Waals surface area contributed by atoms with E-state index in [0.717, 1.165) is 24.8 Å². The predicted molar refractivity (Wildman–Crippen MR) is 110 cm³/mol. The van der Waals surface area contributed by atoms with E-state index in [0.29, 0.717) is 18.6 Å². The van der Waals surface area contributed by atoms with E-state index in [1.807, 2.05) is 26.1 Å². The topological polar surface area (TPSA) is 40.1 Å². The Bertz CT molecular complexity index is 556. The van der Waals surface area contributed by atoms with Gasteiger partial charge in [-0.3, -0.25) is 4.99 Å². The standard InChI is InChI=1S/C21H36N4O/c1-6-26-20-11-9-18(10-12-20)15-24(5)21(22-4)23-14-19-8-7-13-25(16-19)17(2)3/h9-12,17,19H,6-8,13-16H2,1-5H3,(H,22,23). The van der Waals surface area contributed by atoms with Gasteiger partial charge in [0, 0.05) is 39.8 Å². The molecule has 1 aliphatic rings. The highest BCUT2D eigenvalue weighted by molar-refractivity contribution is 5.79. The number of piperidine rings is 1. The van der Waals surface area contributed by atoms with Crippen molar-refractivity contribution in [2.24, 2.45) is 10.9 Å². The first-order valence-corrected chi connectivity index (χ1v) is 9.91. The molecule has 1 saturated heterocycles. The van der Waals surface area contributed by atoms with Gasteiger partial charge in [-0.05, 0) is 63.8 Å². The minimum Gasteiger partial charge on any atom is -0.494 e. The van der Waals surface area contributed by atoms with Crippen LogP contribution in [0.25, 0.3) is 0 Å². The largest absolute Gasteiger partial charge is 0.494 e. The third-order valence-electron chi connectivity index (χ3n) is 5.06. The second-order valence-electron chi connectivity index (χ2n) is 7.46. The number of aliphatic imine (C=N–C) groups is 1. The normalized spacial score (nSPS) is 18.8. The molecule has 1 fully saturated rings. The summed E-state index contributed by atoms with van der Waals surface area (Å²) in [6, 6.07) is 8.95. The molecule has 146 valence electrons. The summed E-state index contributed by atoms with van der Waals surface area (Å²) in [4.78, 5) is 9.23. The predicted octanol–water partition coefficient (Wildman–Crippen LogP) is 3.21. The molecule has 0 aromatic heterocycles. The summed E-state index contributed by atoms with van der Waals surface area (Å²) in [7, 11) is 3.95. The molecule has 1 aromatic rings. The van der Waals surface area contributed by atoms with Crippen LogP contribution in [0.1, 0.15) is 39.2 Å². The van der Waals surface area contributed by atoms with E-state index in [9.17, 15) is 0 Å². The molecule has 1 N–H and O–H groups in total. The summed E-state index contributed by atoms with van der Waals surface area (Å²) in [6.45, 7) is 11.5. The maximum Gasteiger partial charge on any atom is 0.193 e. The van der Waals surface area contributed by atoms with Gasteiger partial charge in [0.1, 0.15) is 5.75 Å². The molecular weight excluding hydrogens is 324 g/mol. The number of nitrogens with zero attached hydrogens (tertiary/aromatic N) is 3. The lowest BCUT2D eigenvalue weighted by atomic mass is 9.97. The monoisotopic (exact) mass is 360 g/mol. The Kier molecular flexibility index (Phi) is 8.23. The van der Waals surface area contributed by atoms with Gasteiger partial charge in [0.25, 0.3) is 0 Å². The van der Waals surface area contributed by atoms with Crippen molar-refractivity contribution in [1.82, 2.24) is 15.1 Å². The molecule has 1 aromatic carbocycles. The zero-order chi connectivity index (χ0) is 18.9. The summed E-state index contributed by atoms with van der Waals surface area (Å²) in [6.07, 6.45) is 2.60. The quantitative estimate of drug-likeness (QED) is 0.599. The number of hydrogen-bond donors (Lipinski definition) is 1. The third kappa shape index (κ3) is 6.20. The molecule has 0 saturated carbocycles. The molecule has 0 bridgehead atoms. The first-order chi connectivity index (χ1) is 12.5. The van der Waals surface area contributed by atoms with Gasteiger partial charge in [0.2, 0.25) is 0 Å². The van der Waals surface area contributed by atoms with Crippen LogP contribution < -0.4 is 10.1 Å². The van der Waals surface area contributed by atoms with E-state index in [1.54, 1.807) is 0 Å². The van der Waals surface area contributed by atoms with Crippen LogP contribution in [0.3, 0.4) is 0 Å². The smallest absolute Gasteiger partial charge is 0.193 e. The molecule has 5 heteroatoms. The maximum atomic E-state index is 5.51. The molecule has 0 spiro atoms. The Balaban J connectivity index is 1.83. The van der Waals surface area contributed by atoms with Crippen LogP contribution in [-0.4, -0.2) is 62.1 Å². The fourth-order valence-electron chi connectivity index (χ4n) is 3.56. The Morgan fingerprint density at radius 1 is 1.35 bits per heavy atom. The number of ether oxygens (including phenoxy) is 1. The fraction of sp³-hybridized carbons (Fsp3) is 0.667. The van der Waals surface area contributed by atoms with Gasteiger partial charge < -0.3 is 19.9 Å². The molecular formula is C21H36N4O. The van der Waals surface area contributed by atoms with Crippen molar-refractivity contribution >= 4 is 5.96 Å². The van der Waals surface area contributed by atoms with Crippen molar-refractivity contribution in [2.75, 3.05) is 40.3 Å². The summed E-state index contributed by atoms with van der Waals surface area (Å²) in [5.74, 6) is 2.58. The summed E-state index contributed by atoms with van der Waals surface area (Å²) < 4.78 is 5.51. The molecule has 1 aliphatic heterocycles. The Morgan fingerprint density at radius 3 is 2.69 bits per heavy atom. The second kappa shape index (κ2) is 10.4. The van der Waals surface area contributed by atoms with E-state index in [1.165, 1.54) is 31.5 Å². The van der Waals surface area contributed by atoms with E-state index in [2.05, 4.69) is 53.1 Å². The first kappa shape index (κ1) is 20.6. The van der Waals surface area contributed by atoms with Gasteiger partial charge in [0.15, 0.2) is 5.96 Å². The Morgan fingerprint density at radius 2 is 2.08 bits per heavy atom. The number of rotatable bonds is 7. The van der Waals surface area contributed by atoms with Crippen molar-refractivity contribution in [3.8, 4) is 5.75 Å². The average Bonchev–Trinajstić information content (AvgIpc) is 2.64. The number of guanidine groups is 1. The SMILES string of the molecule is CCOc1ccc(CN(C)C(=NC)NCC2CCCN(C(C)C)C2)cc1. The van der Waals surface area contributed by atoms with Gasteiger partial charge in [-0.2, -0.15) is 0 Å². The number of likely N-dealkylation sites (tertiary alicyclic amines) is 1. The highest BCUT2D eigenvalue weighted by atomic mass is 16.5. The molecule has 0 radical (unpaired) electrons. The zero-order valence-electron chi connectivity index (χ0n) is 17.2. The molecule has 0 aliphatic carbocycles. The highest BCUT2D eigenvalue weighted by Crippen LogP contribution is 2.18. The molecule has 1 atom stereocenters. The van der Waals surface area contributed by atoms with Crippen molar-refractivity contribution in [3.63, 3.8) is 0 Å². The van der Waals surface area contributed by atoms with Crippen LogP contribution in [0.2, 0.25) is 0 Å². The van der Waals surface area contributed by atoms with Crippen molar-refractivity contribution in [2.45, 2.75) is 46.2 Å². The number of nitrogens with one attached hydrogen (secondary N) is 1. The van der Waals surface area contributed by atoms with Crippen LogP contribution in [0.15, 0.2) is 29.3 Å². The summed E-state index contributed by atoms with van der Waals surface area (Å²) >= 11 is 0. The summed E-state index contributed by atoms with van der Waals surface area (Å²) in [5, 5.41) is 3.57.